The van der Waals surface area contributed by atoms with E-state index in [1.165, 1.54) is 0 Å². The highest BCUT2D eigenvalue weighted by Crippen LogP contribution is 2.37. The number of rotatable bonds is 4. The minimum Gasteiger partial charge on any atom is -0.496 e. The van der Waals surface area contributed by atoms with E-state index in [4.69, 9.17) is 4.74 Å². The van der Waals surface area contributed by atoms with Gasteiger partial charge in [0.2, 0.25) is 5.91 Å². The Morgan fingerprint density at radius 2 is 2.04 bits per heavy atom. The number of aromatic amines is 1. The van der Waals surface area contributed by atoms with Crippen LogP contribution in [0.4, 0.5) is 5.69 Å². The molecule has 1 atom stereocenters. The molecule has 0 spiro atoms. The molecule has 4 rings (SSSR count). The lowest BCUT2D eigenvalue weighted by Gasteiger charge is -2.19. The molecule has 1 amide bonds. The number of ether oxygens (including phenoxy) is 1. The smallest absolute Gasteiger partial charge is 0.234 e. The van der Waals surface area contributed by atoms with Gasteiger partial charge in [-0.1, -0.05) is 30.3 Å². The summed E-state index contributed by atoms with van der Waals surface area (Å²) in [5.74, 6) is 0.805. The van der Waals surface area contributed by atoms with Crippen LogP contribution in [-0.4, -0.2) is 29.8 Å². The number of hydrogen-bond donors (Lipinski definition) is 1. The molecule has 1 aliphatic heterocycles. The van der Waals surface area contributed by atoms with E-state index >= 15 is 0 Å². The van der Waals surface area contributed by atoms with Crippen LogP contribution in [0.25, 0.3) is 11.1 Å². The Hall–Kier alpha value is -3.08. The fourth-order valence-corrected chi connectivity index (χ4v) is 3.42. The van der Waals surface area contributed by atoms with Gasteiger partial charge in [-0.2, -0.15) is 5.10 Å². The number of amides is 1. The van der Waals surface area contributed by atoms with E-state index in [9.17, 15) is 4.79 Å². The summed E-state index contributed by atoms with van der Waals surface area (Å²) in [4.78, 5) is 14.7. The fraction of sp³-hybridized carbons (Fsp3) is 0.200. The van der Waals surface area contributed by atoms with Crippen LogP contribution in [0.5, 0.6) is 5.75 Å². The topological polar surface area (TPSA) is 58.2 Å². The van der Waals surface area contributed by atoms with Gasteiger partial charge in [0.25, 0.3) is 0 Å². The van der Waals surface area contributed by atoms with Gasteiger partial charge in [0.1, 0.15) is 5.75 Å². The molecule has 0 aliphatic carbocycles. The molecule has 0 radical (unpaired) electrons. The Morgan fingerprint density at radius 3 is 2.76 bits per heavy atom. The minimum absolute atomic E-state index is 0.0688. The quantitative estimate of drug-likeness (QED) is 0.793. The van der Waals surface area contributed by atoms with Crippen LogP contribution < -0.4 is 9.64 Å². The van der Waals surface area contributed by atoms with Crippen LogP contribution in [0.3, 0.4) is 0 Å². The normalized spacial score (nSPS) is 17.1. The lowest BCUT2D eigenvalue weighted by atomic mass is 9.98. The molecule has 1 N–H and O–H groups in total. The Morgan fingerprint density at radius 1 is 1.20 bits per heavy atom. The van der Waals surface area contributed by atoms with Gasteiger partial charge in [0.05, 0.1) is 19.2 Å². The van der Waals surface area contributed by atoms with Gasteiger partial charge in [-0.3, -0.25) is 9.89 Å². The third-order valence-corrected chi connectivity index (χ3v) is 4.71. The molecule has 25 heavy (non-hydrogen) atoms. The Bertz CT molecular complexity index is 875. The lowest BCUT2D eigenvalue weighted by Crippen LogP contribution is -2.26. The van der Waals surface area contributed by atoms with Crippen molar-refractivity contribution in [2.75, 3.05) is 18.6 Å². The van der Waals surface area contributed by atoms with Crippen molar-refractivity contribution in [3.63, 3.8) is 0 Å². The number of carbonyl (C=O) groups is 1. The molecule has 1 aliphatic rings. The number of methoxy groups -OCH3 is 1. The number of benzene rings is 2. The van der Waals surface area contributed by atoms with Crippen LogP contribution in [0.2, 0.25) is 0 Å². The van der Waals surface area contributed by atoms with E-state index in [0.29, 0.717) is 6.54 Å². The zero-order chi connectivity index (χ0) is 17.2. The monoisotopic (exact) mass is 333 g/mol. The average Bonchev–Trinajstić information content (AvgIpc) is 3.32. The van der Waals surface area contributed by atoms with Crippen molar-refractivity contribution in [3.05, 3.63) is 66.5 Å². The number of H-pyrrole nitrogens is 1. The first-order valence-electron chi connectivity index (χ1n) is 8.31. The summed E-state index contributed by atoms with van der Waals surface area (Å²) in [6.45, 7) is 0.715. The number of hydrogen-bond acceptors (Lipinski definition) is 3. The summed E-state index contributed by atoms with van der Waals surface area (Å²) in [5.41, 5.74) is 3.86. The van der Waals surface area contributed by atoms with E-state index in [1.807, 2.05) is 59.6 Å². The summed E-state index contributed by atoms with van der Waals surface area (Å²) in [5, 5.41) is 6.79. The molecular formula is C20H19N3O2. The van der Waals surface area contributed by atoms with Crippen LogP contribution in [0.15, 0.2) is 60.9 Å². The molecule has 3 aromatic rings. The summed E-state index contributed by atoms with van der Waals surface area (Å²) in [7, 11) is 1.64. The number of aromatic nitrogens is 2. The third kappa shape index (κ3) is 2.78. The predicted molar refractivity (Wildman–Crippen MR) is 96.7 cm³/mol. The van der Waals surface area contributed by atoms with Gasteiger partial charge in [-0.25, -0.2) is 0 Å². The van der Waals surface area contributed by atoms with Crippen LogP contribution in [-0.2, 0) is 4.79 Å². The third-order valence-electron chi connectivity index (χ3n) is 4.71. The van der Waals surface area contributed by atoms with Gasteiger partial charge < -0.3 is 9.64 Å². The van der Waals surface area contributed by atoms with E-state index < -0.39 is 0 Å². The first-order valence-corrected chi connectivity index (χ1v) is 8.31. The van der Waals surface area contributed by atoms with Crippen molar-refractivity contribution in [2.24, 2.45) is 0 Å². The van der Waals surface area contributed by atoms with Gasteiger partial charge in [0, 0.05) is 35.6 Å². The number of nitrogens with one attached hydrogen (secondary N) is 1. The SMILES string of the molecule is COc1cc(N2CC[C@@H](c3ccccc3)C2=O)ccc1-c1cn[nH]c1. The first kappa shape index (κ1) is 15.4. The standard InChI is InChI=1S/C20H19N3O2/c1-25-19-11-16(7-8-17(19)15-12-21-22-13-15)23-10-9-18(20(23)24)14-5-3-2-4-6-14/h2-8,11-13,18H,9-10H2,1H3,(H,21,22)/t18-/m0/s1. The second-order valence-corrected chi connectivity index (χ2v) is 6.11. The maximum absolute atomic E-state index is 12.9. The second kappa shape index (κ2) is 6.43. The summed E-state index contributed by atoms with van der Waals surface area (Å²) < 4.78 is 5.54. The molecule has 5 nitrogen and oxygen atoms in total. The van der Waals surface area contributed by atoms with Gasteiger partial charge >= 0.3 is 0 Å². The van der Waals surface area contributed by atoms with E-state index in [2.05, 4.69) is 10.2 Å². The predicted octanol–water partition coefficient (Wildman–Crippen LogP) is 3.61. The Kier molecular flexibility index (Phi) is 3.98. The molecule has 5 heteroatoms. The van der Waals surface area contributed by atoms with Crippen molar-refractivity contribution < 1.29 is 9.53 Å². The van der Waals surface area contributed by atoms with Crippen molar-refractivity contribution >= 4 is 11.6 Å². The van der Waals surface area contributed by atoms with E-state index in [-0.39, 0.29) is 11.8 Å². The zero-order valence-corrected chi connectivity index (χ0v) is 14.0. The highest BCUT2D eigenvalue weighted by atomic mass is 16.5. The molecule has 0 saturated carbocycles. The highest BCUT2D eigenvalue weighted by Gasteiger charge is 2.33. The first-order chi connectivity index (χ1) is 12.3. The fourth-order valence-electron chi connectivity index (χ4n) is 3.42. The average molecular weight is 333 g/mol. The maximum atomic E-state index is 12.9. The molecule has 2 heterocycles. The molecule has 2 aromatic carbocycles. The number of anilines is 1. The van der Waals surface area contributed by atoms with Crippen LogP contribution in [0.1, 0.15) is 17.9 Å². The molecule has 1 aromatic heterocycles. The molecule has 126 valence electrons. The zero-order valence-electron chi connectivity index (χ0n) is 14.0. The van der Waals surface area contributed by atoms with Gasteiger partial charge in [-0.05, 0) is 24.1 Å². The van der Waals surface area contributed by atoms with Gasteiger partial charge in [0.15, 0.2) is 0 Å². The van der Waals surface area contributed by atoms with Crippen molar-refractivity contribution in [2.45, 2.75) is 12.3 Å². The number of carbonyl (C=O) groups excluding carboxylic acids is 1. The highest BCUT2D eigenvalue weighted by molar-refractivity contribution is 6.00. The summed E-state index contributed by atoms with van der Waals surface area (Å²) in [6, 6.07) is 15.8. The molecular weight excluding hydrogens is 314 g/mol. The van der Waals surface area contributed by atoms with E-state index in [0.717, 1.165) is 34.5 Å². The summed E-state index contributed by atoms with van der Waals surface area (Å²) >= 11 is 0. The van der Waals surface area contributed by atoms with Crippen molar-refractivity contribution in [1.82, 2.24) is 10.2 Å². The maximum Gasteiger partial charge on any atom is 0.234 e. The largest absolute Gasteiger partial charge is 0.496 e. The number of nitrogens with zero attached hydrogens (tertiary/aromatic N) is 2. The van der Waals surface area contributed by atoms with E-state index in [1.54, 1.807) is 13.3 Å². The van der Waals surface area contributed by atoms with Crippen LogP contribution in [0, 0.1) is 0 Å². The van der Waals surface area contributed by atoms with Crippen molar-refractivity contribution in [3.8, 4) is 16.9 Å². The molecule has 0 bridgehead atoms. The minimum atomic E-state index is -0.0688. The van der Waals surface area contributed by atoms with Gasteiger partial charge in [-0.15, -0.1) is 0 Å². The van der Waals surface area contributed by atoms with Crippen LogP contribution >= 0.6 is 0 Å². The lowest BCUT2D eigenvalue weighted by molar-refractivity contribution is -0.118. The Balaban J connectivity index is 1.63. The molecule has 1 saturated heterocycles. The summed E-state index contributed by atoms with van der Waals surface area (Å²) in [6.07, 6.45) is 4.41. The Labute approximate surface area is 146 Å². The van der Waals surface area contributed by atoms with Crippen molar-refractivity contribution in [1.29, 1.82) is 0 Å². The molecule has 0 unspecified atom stereocenters. The second-order valence-electron chi connectivity index (χ2n) is 6.11. The molecule has 1 fully saturated rings.